The summed E-state index contributed by atoms with van der Waals surface area (Å²) in [5, 5.41) is 5.82. The maximum atomic E-state index is 12.1. The third-order valence-corrected chi connectivity index (χ3v) is 3.00. The zero-order chi connectivity index (χ0) is 15.9. The molecule has 5 nitrogen and oxygen atoms in total. The number of anilines is 2. The SMILES string of the molecule is C=CCNc1ccc(C(=O)Nc2ccc(C(C)=O)cc2)nc1. The number of Topliss-reactive ketones (excluding diaryl/α,β-unsaturated/α-hetero) is 1. The predicted molar refractivity (Wildman–Crippen MR) is 87.3 cm³/mol. The van der Waals surface area contributed by atoms with Crippen molar-refractivity contribution in [2.24, 2.45) is 0 Å². The van der Waals surface area contributed by atoms with Crippen molar-refractivity contribution in [1.82, 2.24) is 4.98 Å². The number of rotatable bonds is 6. The number of amides is 1. The first-order chi connectivity index (χ1) is 10.6. The lowest BCUT2D eigenvalue weighted by atomic mass is 10.1. The summed E-state index contributed by atoms with van der Waals surface area (Å²) in [7, 11) is 0. The van der Waals surface area contributed by atoms with Crippen molar-refractivity contribution in [1.29, 1.82) is 0 Å². The van der Waals surface area contributed by atoms with Gasteiger partial charge in [0.15, 0.2) is 5.78 Å². The van der Waals surface area contributed by atoms with E-state index >= 15 is 0 Å². The zero-order valence-corrected chi connectivity index (χ0v) is 12.3. The zero-order valence-electron chi connectivity index (χ0n) is 12.3. The van der Waals surface area contributed by atoms with Crippen LogP contribution in [0.25, 0.3) is 0 Å². The van der Waals surface area contributed by atoms with Crippen molar-refractivity contribution in [3.8, 4) is 0 Å². The van der Waals surface area contributed by atoms with E-state index in [1.807, 2.05) is 0 Å². The molecule has 2 rings (SSSR count). The van der Waals surface area contributed by atoms with Crippen LogP contribution in [-0.4, -0.2) is 23.2 Å². The lowest BCUT2D eigenvalue weighted by Crippen LogP contribution is -2.13. The van der Waals surface area contributed by atoms with E-state index < -0.39 is 0 Å². The average molecular weight is 295 g/mol. The quantitative estimate of drug-likeness (QED) is 0.634. The minimum absolute atomic E-state index is 0.0119. The normalized spacial score (nSPS) is 9.86. The molecule has 112 valence electrons. The summed E-state index contributed by atoms with van der Waals surface area (Å²) >= 11 is 0. The molecule has 0 spiro atoms. The van der Waals surface area contributed by atoms with Crippen molar-refractivity contribution in [3.05, 3.63) is 66.5 Å². The molecular weight excluding hydrogens is 278 g/mol. The third-order valence-electron chi connectivity index (χ3n) is 3.00. The highest BCUT2D eigenvalue weighted by molar-refractivity contribution is 6.03. The van der Waals surface area contributed by atoms with Gasteiger partial charge in [-0.2, -0.15) is 0 Å². The van der Waals surface area contributed by atoms with Gasteiger partial charge in [-0.15, -0.1) is 6.58 Å². The van der Waals surface area contributed by atoms with E-state index in [2.05, 4.69) is 22.2 Å². The summed E-state index contributed by atoms with van der Waals surface area (Å²) in [6, 6.07) is 10.2. The molecular formula is C17H17N3O2. The summed E-state index contributed by atoms with van der Waals surface area (Å²) in [5.74, 6) is -0.312. The van der Waals surface area contributed by atoms with Crippen LogP contribution in [0.3, 0.4) is 0 Å². The van der Waals surface area contributed by atoms with Crippen LogP contribution in [0.2, 0.25) is 0 Å². The minimum Gasteiger partial charge on any atom is -0.380 e. The number of carbonyl (C=O) groups is 2. The highest BCUT2D eigenvalue weighted by Crippen LogP contribution is 2.12. The van der Waals surface area contributed by atoms with Gasteiger partial charge in [0.1, 0.15) is 5.69 Å². The largest absolute Gasteiger partial charge is 0.380 e. The third kappa shape index (κ3) is 4.02. The molecule has 0 aliphatic rings. The summed E-state index contributed by atoms with van der Waals surface area (Å²) < 4.78 is 0. The molecule has 5 heteroatoms. The first-order valence-corrected chi connectivity index (χ1v) is 6.83. The Morgan fingerprint density at radius 1 is 1.14 bits per heavy atom. The Hall–Kier alpha value is -2.95. The highest BCUT2D eigenvalue weighted by Gasteiger charge is 2.08. The molecule has 22 heavy (non-hydrogen) atoms. The van der Waals surface area contributed by atoms with Crippen LogP contribution in [0, 0.1) is 0 Å². The van der Waals surface area contributed by atoms with Crippen LogP contribution < -0.4 is 10.6 Å². The van der Waals surface area contributed by atoms with Crippen molar-refractivity contribution in [3.63, 3.8) is 0 Å². The fourth-order valence-electron chi connectivity index (χ4n) is 1.81. The van der Waals surface area contributed by atoms with E-state index in [1.165, 1.54) is 6.92 Å². The van der Waals surface area contributed by atoms with Crippen LogP contribution in [0.1, 0.15) is 27.8 Å². The van der Waals surface area contributed by atoms with Crippen molar-refractivity contribution in [2.45, 2.75) is 6.92 Å². The average Bonchev–Trinajstić information content (AvgIpc) is 2.54. The van der Waals surface area contributed by atoms with Gasteiger partial charge in [-0.05, 0) is 43.3 Å². The second-order valence-corrected chi connectivity index (χ2v) is 4.69. The fraction of sp³-hybridized carbons (Fsp3) is 0.118. The number of hydrogen-bond acceptors (Lipinski definition) is 4. The van der Waals surface area contributed by atoms with Crippen LogP contribution in [0.4, 0.5) is 11.4 Å². The second kappa shape index (κ2) is 7.17. The van der Waals surface area contributed by atoms with Crippen molar-refractivity contribution in [2.75, 3.05) is 17.2 Å². The van der Waals surface area contributed by atoms with Crippen molar-refractivity contribution >= 4 is 23.1 Å². The van der Waals surface area contributed by atoms with E-state index in [-0.39, 0.29) is 11.7 Å². The second-order valence-electron chi connectivity index (χ2n) is 4.69. The number of aromatic nitrogens is 1. The maximum Gasteiger partial charge on any atom is 0.274 e. The molecule has 1 heterocycles. The van der Waals surface area contributed by atoms with Gasteiger partial charge in [-0.1, -0.05) is 6.08 Å². The molecule has 1 aromatic heterocycles. The van der Waals surface area contributed by atoms with Crippen LogP contribution in [0.5, 0.6) is 0 Å². The van der Waals surface area contributed by atoms with Gasteiger partial charge in [0.2, 0.25) is 0 Å². The first kappa shape index (κ1) is 15.4. The molecule has 0 atom stereocenters. The Morgan fingerprint density at radius 2 is 1.82 bits per heavy atom. The van der Waals surface area contributed by atoms with E-state index in [0.717, 1.165) is 5.69 Å². The maximum absolute atomic E-state index is 12.1. The van der Waals surface area contributed by atoms with E-state index in [0.29, 0.717) is 23.5 Å². The van der Waals surface area contributed by atoms with Gasteiger partial charge in [-0.3, -0.25) is 9.59 Å². The van der Waals surface area contributed by atoms with Crippen LogP contribution in [-0.2, 0) is 0 Å². The standard InChI is InChI=1S/C17H17N3O2/c1-3-10-18-15-8-9-16(19-11-15)17(22)20-14-6-4-13(5-7-14)12(2)21/h3-9,11,18H,1,10H2,2H3,(H,20,22). The highest BCUT2D eigenvalue weighted by atomic mass is 16.2. The summed E-state index contributed by atoms with van der Waals surface area (Å²) in [6.45, 7) is 5.75. The van der Waals surface area contributed by atoms with Gasteiger partial charge in [-0.25, -0.2) is 4.98 Å². The van der Waals surface area contributed by atoms with Crippen LogP contribution in [0.15, 0.2) is 55.3 Å². The van der Waals surface area contributed by atoms with Gasteiger partial charge >= 0.3 is 0 Å². The van der Waals surface area contributed by atoms with E-state index in [9.17, 15) is 9.59 Å². The van der Waals surface area contributed by atoms with E-state index in [1.54, 1.807) is 48.7 Å². The molecule has 0 saturated heterocycles. The minimum atomic E-state index is -0.300. The van der Waals surface area contributed by atoms with Gasteiger partial charge in [0.05, 0.1) is 11.9 Å². The number of nitrogens with one attached hydrogen (secondary N) is 2. The monoisotopic (exact) mass is 295 g/mol. The smallest absolute Gasteiger partial charge is 0.274 e. The Labute approximate surface area is 129 Å². The summed E-state index contributed by atoms with van der Waals surface area (Å²) in [5.41, 5.74) is 2.36. The Kier molecular flexibility index (Phi) is 5.03. The van der Waals surface area contributed by atoms with Crippen molar-refractivity contribution < 1.29 is 9.59 Å². The molecule has 0 aliphatic carbocycles. The van der Waals surface area contributed by atoms with E-state index in [4.69, 9.17) is 0 Å². The summed E-state index contributed by atoms with van der Waals surface area (Å²) in [4.78, 5) is 27.4. The number of hydrogen-bond donors (Lipinski definition) is 2. The summed E-state index contributed by atoms with van der Waals surface area (Å²) in [6.07, 6.45) is 3.34. The number of pyridine rings is 1. The number of ketones is 1. The molecule has 0 unspecified atom stereocenters. The number of carbonyl (C=O) groups excluding carboxylic acids is 2. The fourth-order valence-corrected chi connectivity index (χ4v) is 1.81. The Morgan fingerprint density at radius 3 is 2.36 bits per heavy atom. The molecule has 1 amide bonds. The molecule has 2 N–H and O–H groups in total. The van der Waals surface area contributed by atoms with Gasteiger partial charge in [0, 0.05) is 17.8 Å². The predicted octanol–water partition coefficient (Wildman–Crippen LogP) is 3.13. The molecule has 0 saturated carbocycles. The molecule has 0 aliphatic heterocycles. The molecule has 0 fully saturated rings. The number of benzene rings is 1. The molecule has 0 radical (unpaired) electrons. The molecule has 0 bridgehead atoms. The molecule has 1 aromatic carbocycles. The number of nitrogens with zero attached hydrogens (tertiary/aromatic N) is 1. The Bertz CT molecular complexity index is 676. The topological polar surface area (TPSA) is 71.1 Å². The molecule has 2 aromatic rings. The lowest BCUT2D eigenvalue weighted by Gasteiger charge is -2.07. The Balaban J connectivity index is 2.02. The van der Waals surface area contributed by atoms with Gasteiger partial charge < -0.3 is 10.6 Å². The van der Waals surface area contributed by atoms with Gasteiger partial charge in [0.25, 0.3) is 5.91 Å². The van der Waals surface area contributed by atoms with Crippen LogP contribution >= 0.6 is 0 Å². The first-order valence-electron chi connectivity index (χ1n) is 6.83. The lowest BCUT2D eigenvalue weighted by molar-refractivity contribution is 0.101.